The zero-order valence-electron chi connectivity index (χ0n) is 16.2. The van der Waals surface area contributed by atoms with Crippen LogP contribution in [0.5, 0.6) is 11.5 Å². The van der Waals surface area contributed by atoms with E-state index in [9.17, 15) is 14.4 Å². The molecule has 8 nitrogen and oxygen atoms in total. The number of amides is 3. The summed E-state index contributed by atoms with van der Waals surface area (Å²) in [6, 6.07) is 11.9. The van der Waals surface area contributed by atoms with Gasteiger partial charge in [0.15, 0.2) is 11.5 Å². The van der Waals surface area contributed by atoms with Crippen molar-refractivity contribution in [2.75, 3.05) is 25.7 Å². The van der Waals surface area contributed by atoms with Crippen molar-refractivity contribution in [1.29, 1.82) is 0 Å². The fourth-order valence-electron chi connectivity index (χ4n) is 5.34. The zero-order valence-corrected chi connectivity index (χ0v) is 16.2. The Hall–Kier alpha value is -3.55. The molecule has 4 heterocycles. The molecule has 0 aliphatic carbocycles. The molecule has 4 aliphatic heterocycles. The molecule has 8 heteroatoms. The number of nitrogens with one attached hydrogen (secondary N) is 1. The summed E-state index contributed by atoms with van der Waals surface area (Å²) in [5, 5.41) is 2.94. The third-order valence-corrected chi connectivity index (χ3v) is 6.57. The van der Waals surface area contributed by atoms with Crippen LogP contribution in [0.2, 0.25) is 0 Å². The first kappa shape index (κ1) is 17.3. The molecule has 0 spiro atoms. The van der Waals surface area contributed by atoms with Gasteiger partial charge in [0, 0.05) is 18.7 Å². The van der Waals surface area contributed by atoms with Gasteiger partial charge in [-0.1, -0.05) is 24.3 Å². The second-order valence-electron chi connectivity index (χ2n) is 8.13. The molecule has 2 aromatic rings. The number of piperazine rings is 1. The van der Waals surface area contributed by atoms with E-state index < -0.39 is 18.0 Å². The van der Waals surface area contributed by atoms with Gasteiger partial charge in [0.25, 0.3) is 0 Å². The quantitative estimate of drug-likeness (QED) is 0.777. The van der Waals surface area contributed by atoms with Crippen LogP contribution in [-0.4, -0.2) is 53.9 Å². The number of nitrogens with zero attached hydrogens (tertiary/aromatic N) is 2. The van der Waals surface area contributed by atoms with Gasteiger partial charge < -0.3 is 24.6 Å². The van der Waals surface area contributed by atoms with Crippen molar-refractivity contribution in [1.82, 2.24) is 9.80 Å². The topological polar surface area (TPSA) is 88.2 Å². The van der Waals surface area contributed by atoms with Gasteiger partial charge in [-0.05, 0) is 29.3 Å². The first-order chi connectivity index (χ1) is 14.5. The fourth-order valence-corrected chi connectivity index (χ4v) is 5.34. The van der Waals surface area contributed by atoms with E-state index in [2.05, 4.69) is 5.32 Å². The number of benzene rings is 2. The molecular formula is C22H19N3O5. The summed E-state index contributed by atoms with van der Waals surface area (Å²) < 4.78 is 11.0. The molecule has 0 radical (unpaired) electrons. The fraction of sp³-hybridized carbons (Fsp3) is 0.318. The zero-order chi connectivity index (χ0) is 20.6. The third kappa shape index (κ3) is 2.18. The number of ether oxygens (including phenoxy) is 2. The molecule has 2 saturated heterocycles. The number of carbonyl (C=O) groups is 3. The Morgan fingerprint density at radius 1 is 0.967 bits per heavy atom. The Bertz CT molecular complexity index is 1120. The highest BCUT2D eigenvalue weighted by Crippen LogP contribution is 2.56. The average Bonchev–Trinajstić information content (AvgIpc) is 3.35. The SMILES string of the molecule is CN1CC(=O)N2C(c3ccc4c(c3)OCO4)C3c4ccccc4NC(=O)C3[C@@H]2C1=O. The Labute approximate surface area is 172 Å². The second-order valence-corrected chi connectivity index (χ2v) is 8.13. The predicted octanol–water partition coefficient (Wildman–Crippen LogP) is 1.49. The molecular weight excluding hydrogens is 386 g/mol. The van der Waals surface area contributed by atoms with E-state index in [0.717, 1.165) is 16.8 Å². The van der Waals surface area contributed by atoms with E-state index in [1.165, 1.54) is 4.90 Å². The van der Waals surface area contributed by atoms with Crippen LogP contribution in [0, 0.1) is 5.92 Å². The lowest BCUT2D eigenvalue weighted by Gasteiger charge is -2.38. The van der Waals surface area contributed by atoms with E-state index in [4.69, 9.17) is 9.47 Å². The monoisotopic (exact) mass is 405 g/mol. The first-order valence-electron chi connectivity index (χ1n) is 9.90. The van der Waals surface area contributed by atoms with E-state index in [1.54, 1.807) is 11.9 Å². The third-order valence-electron chi connectivity index (χ3n) is 6.57. The minimum absolute atomic E-state index is 0.000902. The summed E-state index contributed by atoms with van der Waals surface area (Å²) in [6.45, 7) is 0.147. The normalized spacial score (nSPS) is 28.8. The minimum Gasteiger partial charge on any atom is -0.454 e. The van der Waals surface area contributed by atoms with E-state index in [0.29, 0.717) is 11.5 Å². The molecule has 152 valence electrons. The number of rotatable bonds is 1. The standard InChI is InChI=1S/C22H19N3O5/c1-24-9-16(26)25-19(11-6-7-14-15(8-11)30-10-29-14)17-12-4-2-3-5-13(12)23-21(27)18(17)20(25)22(24)28/h2-8,17-20H,9-10H2,1H3,(H,23,27)/t17?,18?,19?,20-/m1/s1. The maximum atomic E-state index is 13.2. The van der Waals surface area contributed by atoms with Crippen molar-refractivity contribution in [3.63, 3.8) is 0 Å². The van der Waals surface area contributed by atoms with Crippen molar-refractivity contribution in [2.45, 2.75) is 18.0 Å². The molecule has 1 N–H and O–H groups in total. The van der Waals surface area contributed by atoms with Gasteiger partial charge in [-0.3, -0.25) is 14.4 Å². The van der Waals surface area contributed by atoms with Gasteiger partial charge >= 0.3 is 0 Å². The summed E-state index contributed by atoms with van der Waals surface area (Å²) in [6.07, 6.45) is 0. The summed E-state index contributed by atoms with van der Waals surface area (Å²) in [5.41, 5.74) is 2.48. The highest BCUT2D eigenvalue weighted by molar-refractivity contribution is 6.05. The van der Waals surface area contributed by atoms with Crippen LogP contribution in [-0.2, 0) is 14.4 Å². The number of hydrogen-bond donors (Lipinski definition) is 1. The van der Waals surface area contributed by atoms with Crippen molar-refractivity contribution < 1.29 is 23.9 Å². The molecule has 3 unspecified atom stereocenters. The van der Waals surface area contributed by atoms with E-state index >= 15 is 0 Å². The molecule has 0 saturated carbocycles. The molecule has 2 fully saturated rings. The lowest BCUT2D eigenvalue weighted by molar-refractivity contribution is -0.156. The highest BCUT2D eigenvalue weighted by atomic mass is 16.7. The predicted molar refractivity (Wildman–Crippen MR) is 105 cm³/mol. The van der Waals surface area contributed by atoms with Crippen LogP contribution < -0.4 is 14.8 Å². The van der Waals surface area contributed by atoms with E-state index in [-0.39, 0.29) is 37.0 Å². The summed E-state index contributed by atoms with van der Waals surface area (Å²) >= 11 is 0. The number of likely N-dealkylation sites (N-methyl/N-ethyl adjacent to an activating group) is 1. The molecule has 2 aromatic carbocycles. The molecule has 0 bridgehead atoms. The van der Waals surface area contributed by atoms with Crippen molar-refractivity contribution >= 4 is 23.4 Å². The maximum Gasteiger partial charge on any atom is 0.246 e. The van der Waals surface area contributed by atoms with Crippen LogP contribution >= 0.6 is 0 Å². The molecule has 4 aliphatic rings. The summed E-state index contributed by atoms with van der Waals surface area (Å²) in [4.78, 5) is 42.5. The van der Waals surface area contributed by atoms with Crippen LogP contribution in [0.1, 0.15) is 23.1 Å². The van der Waals surface area contributed by atoms with Crippen molar-refractivity contribution in [3.05, 3.63) is 53.6 Å². The van der Waals surface area contributed by atoms with Gasteiger partial charge in [-0.25, -0.2) is 0 Å². The Kier molecular flexibility index (Phi) is 3.45. The van der Waals surface area contributed by atoms with Gasteiger partial charge in [-0.2, -0.15) is 0 Å². The highest BCUT2D eigenvalue weighted by Gasteiger charge is 2.61. The van der Waals surface area contributed by atoms with Crippen LogP contribution in [0.25, 0.3) is 0 Å². The van der Waals surface area contributed by atoms with Gasteiger partial charge in [0.2, 0.25) is 24.5 Å². The van der Waals surface area contributed by atoms with Gasteiger partial charge in [-0.15, -0.1) is 0 Å². The Morgan fingerprint density at radius 2 is 1.77 bits per heavy atom. The van der Waals surface area contributed by atoms with Crippen molar-refractivity contribution in [2.24, 2.45) is 5.92 Å². The Balaban J connectivity index is 1.57. The molecule has 4 atom stereocenters. The number of fused-ring (bicyclic) bond motifs is 6. The summed E-state index contributed by atoms with van der Waals surface area (Å²) in [7, 11) is 1.61. The van der Waals surface area contributed by atoms with Crippen molar-refractivity contribution in [3.8, 4) is 11.5 Å². The second kappa shape index (κ2) is 5.98. The first-order valence-corrected chi connectivity index (χ1v) is 9.90. The molecule has 6 rings (SSSR count). The van der Waals surface area contributed by atoms with Crippen LogP contribution in [0.3, 0.4) is 0 Å². The number of hydrogen-bond acceptors (Lipinski definition) is 5. The van der Waals surface area contributed by atoms with Gasteiger partial charge in [0.1, 0.15) is 6.04 Å². The Morgan fingerprint density at radius 3 is 2.63 bits per heavy atom. The average molecular weight is 405 g/mol. The minimum atomic E-state index is -0.829. The number of para-hydroxylation sites is 1. The molecule has 0 aromatic heterocycles. The smallest absolute Gasteiger partial charge is 0.246 e. The lowest BCUT2D eigenvalue weighted by Crippen LogP contribution is -2.59. The number of carbonyl (C=O) groups excluding carboxylic acids is 3. The summed E-state index contributed by atoms with van der Waals surface area (Å²) in [5.74, 6) is -0.337. The lowest BCUT2D eigenvalue weighted by atomic mass is 9.76. The van der Waals surface area contributed by atoms with Gasteiger partial charge in [0.05, 0.1) is 18.5 Å². The number of anilines is 1. The molecule has 30 heavy (non-hydrogen) atoms. The van der Waals surface area contributed by atoms with E-state index in [1.807, 2.05) is 42.5 Å². The largest absolute Gasteiger partial charge is 0.454 e. The van der Waals surface area contributed by atoms with Crippen LogP contribution in [0.15, 0.2) is 42.5 Å². The van der Waals surface area contributed by atoms with Crippen LogP contribution in [0.4, 0.5) is 5.69 Å². The maximum absolute atomic E-state index is 13.2. The molecule has 3 amide bonds.